The third-order valence-corrected chi connectivity index (χ3v) is 3.22. The molecule has 0 aromatic heterocycles. The van der Waals surface area contributed by atoms with Crippen LogP contribution in [0.2, 0.25) is 0 Å². The van der Waals surface area contributed by atoms with E-state index in [2.05, 4.69) is 0 Å². The van der Waals surface area contributed by atoms with Gasteiger partial charge in [0.25, 0.3) is 0 Å². The van der Waals surface area contributed by atoms with Crippen molar-refractivity contribution in [3.05, 3.63) is 0 Å². The first-order chi connectivity index (χ1) is 7.22. The molecule has 0 saturated heterocycles. The van der Waals surface area contributed by atoms with E-state index in [0.717, 1.165) is 6.66 Å². The van der Waals surface area contributed by atoms with Crippen LogP contribution in [0.15, 0.2) is 0 Å². The summed E-state index contributed by atoms with van der Waals surface area (Å²) in [5, 5.41) is 17.2. The molecule has 0 aromatic carbocycles. The molecule has 2 atom stereocenters. The summed E-state index contributed by atoms with van der Waals surface area (Å²) >= 11 is 0. The zero-order valence-electron chi connectivity index (χ0n) is 9.13. The lowest BCUT2D eigenvalue weighted by molar-refractivity contribution is -0.141. The molecule has 0 aliphatic rings. The van der Waals surface area contributed by atoms with Gasteiger partial charge in [0.1, 0.15) is 0 Å². The highest BCUT2D eigenvalue weighted by Gasteiger charge is 2.24. The fourth-order valence-corrected chi connectivity index (χ4v) is 2.53. The Labute approximate surface area is 93.7 Å². The van der Waals surface area contributed by atoms with Gasteiger partial charge in [-0.25, -0.2) is 0 Å². The molecular weight excluding hydrogens is 235 g/mol. The minimum Gasteiger partial charge on any atom is -0.481 e. The standard InChI is InChI=1S/C9H17O6P/c1-16(14,15)6-7(9(12)13)4-2-3-5-8(10)11/h7H,2-6H2,1H3,(H,10,11)(H,12,13)(H,14,15). The first-order valence-corrected chi connectivity index (χ1v) is 7.25. The molecule has 0 saturated carbocycles. The van der Waals surface area contributed by atoms with Crippen LogP contribution in [0, 0.1) is 5.92 Å². The lowest BCUT2D eigenvalue weighted by atomic mass is 10.0. The third-order valence-electron chi connectivity index (χ3n) is 2.10. The molecule has 0 aromatic rings. The Morgan fingerprint density at radius 3 is 2.19 bits per heavy atom. The molecule has 0 rings (SSSR count). The number of carbonyl (C=O) groups is 2. The van der Waals surface area contributed by atoms with Gasteiger partial charge in [0.05, 0.1) is 5.92 Å². The first-order valence-electron chi connectivity index (χ1n) is 4.96. The number of aliphatic carboxylic acids is 2. The van der Waals surface area contributed by atoms with Crippen molar-refractivity contribution < 1.29 is 29.3 Å². The second-order valence-corrected chi connectivity index (χ2v) is 6.38. The Balaban J connectivity index is 4.01. The van der Waals surface area contributed by atoms with E-state index in [4.69, 9.17) is 15.1 Å². The molecule has 0 fully saturated rings. The molecule has 0 heterocycles. The van der Waals surface area contributed by atoms with Crippen molar-refractivity contribution in [2.24, 2.45) is 5.92 Å². The van der Waals surface area contributed by atoms with E-state index in [0.29, 0.717) is 12.8 Å². The zero-order chi connectivity index (χ0) is 12.8. The smallest absolute Gasteiger partial charge is 0.307 e. The quantitative estimate of drug-likeness (QED) is 0.442. The molecule has 6 nitrogen and oxygen atoms in total. The van der Waals surface area contributed by atoms with Crippen molar-refractivity contribution in [3.8, 4) is 0 Å². The molecule has 0 aliphatic heterocycles. The second-order valence-electron chi connectivity index (χ2n) is 3.91. The largest absolute Gasteiger partial charge is 0.481 e. The molecular formula is C9H17O6P. The summed E-state index contributed by atoms with van der Waals surface area (Å²) < 4.78 is 11.1. The number of carboxylic acids is 2. The van der Waals surface area contributed by atoms with E-state index in [-0.39, 0.29) is 19.0 Å². The van der Waals surface area contributed by atoms with Crippen LogP contribution in [-0.2, 0) is 14.2 Å². The highest BCUT2D eigenvalue weighted by atomic mass is 31.2. The average Bonchev–Trinajstić information content (AvgIpc) is 2.07. The Kier molecular flexibility index (Phi) is 6.29. The van der Waals surface area contributed by atoms with E-state index in [1.165, 1.54) is 0 Å². The predicted octanol–water partition coefficient (Wildman–Crippen LogP) is 1.23. The Morgan fingerprint density at radius 2 is 1.81 bits per heavy atom. The van der Waals surface area contributed by atoms with Crippen molar-refractivity contribution in [2.45, 2.75) is 25.7 Å². The number of rotatable bonds is 8. The van der Waals surface area contributed by atoms with Gasteiger partial charge < -0.3 is 15.1 Å². The van der Waals surface area contributed by atoms with Crippen molar-refractivity contribution in [1.82, 2.24) is 0 Å². The minimum absolute atomic E-state index is 0.00471. The third kappa shape index (κ3) is 8.44. The van der Waals surface area contributed by atoms with Crippen LogP contribution in [-0.4, -0.2) is 39.9 Å². The van der Waals surface area contributed by atoms with E-state index in [9.17, 15) is 14.2 Å². The molecule has 0 radical (unpaired) electrons. The highest BCUT2D eigenvalue weighted by molar-refractivity contribution is 7.57. The molecule has 0 spiro atoms. The number of carboxylic acid groups (broad SMARTS) is 2. The summed E-state index contributed by atoms with van der Waals surface area (Å²) in [6.07, 6.45) is 0.799. The number of hydrogen-bond acceptors (Lipinski definition) is 3. The van der Waals surface area contributed by atoms with Gasteiger partial charge in [0, 0.05) is 19.2 Å². The Hall–Kier alpha value is -0.870. The molecule has 3 N–H and O–H groups in total. The maximum atomic E-state index is 11.1. The normalized spacial score (nSPS) is 16.4. The minimum atomic E-state index is -3.34. The maximum absolute atomic E-state index is 11.1. The summed E-state index contributed by atoms with van der Waals surface area (Å²) in [4.78, 5) is 30.0. The van der Waals surface area contributed by atoms with Crippen molar-refractivity contribution in [1.29, 1.82) is 0 Å². The van der Waals surface area contributed by atoms with E-state index < -0.39 is 25.2 Å². The molecule has 16 heavy (non-hydrogen) atoms. The highest BCUT2D eigenvalue weighted by Crippen LogP contribution is 2.38. The van der Waals surface area contributed by atoms with Gasteiger partial charge in [-0.2, -0.15) is 0 Å². The Morgan fingerprint density at radius 1 is 1.25 bits per heavy atom. The van der Waals surface area contributed by atoms with Crippen molar-refractivity contribution in [2.75, 3.05) is 12.8 Å². The summed E-state index contributed by atoms with van der Waals surface area (Å²) in [7, 11) is -3.34. The fraction of sp³-hybridized carbons (Fsp3) is 0.778. The average molecular weight is 252 g/mol. The van der Waals surface area contributed by atoms with Crippen molar-refractivity contribution >= 4 is 19.3 Å². The van der Waals surface area contributed by atoms with Gasteiger partial charge >= 0.3 is 11.9 Å². The maximum Gasteiger partial charge on any atom is 0.307 e. The fourth-order valence-electron chi connectivity index (χ4n) is 1.37. The van der Waals surface area contributed by atoms with Gasteiger partial charge in [-0.3, -0.25) is 14.2 Å². The van der Waals surface area contributed by atoms with E-state index in [1.807, 2.05) is 0 Å². The number of hydrogen-bond donors (Lipinski definition) is 3. The van der Waals surface area contributed by atoms with Gasteiger partial charge in [-0.15, -0.1) is 0 Å². The van der Waals surface area contributed by atoms with Crippen LogP contribution in [0.4, 0.5) is 0 Å². The van der Waals surface area contributed by atoms with Crippen LogP contribution in [0.3, 0.4) is 0 Å². The van der Waals surface area contributed by atoms with Crippen LogP contribution < -0.4 is 0 Å². The lowest BCUT2D eigenvalue weighted by Crippen LogP contribution is -2.18. The van der Waals surface area contributed by atoms with Gasteiger partial charge in [0.15, 0.2) is 7.37 Å². The van der Waals surface area contributed by atoms with Crippen LogP contribution in [0.1, 0.15) is 25.7 Å². The summed E-state index contributed by atoms with van der Waals surface area (Å²) in [6, 6.07) is 0. The van der Waals surface area contributed by atoms with Gasteiger partial charge in [-0.05, 0) is 12.8 Å². The molecule has 0 amide bonds. The Bertz CT molecular complexity index is 294. The monoisotopic (exact) mass is 252 g/mol. The van der Waals surface area contributed by atoms with Crippen LogP contribution >= 0.6 is 7.37 Å². The SMILES string of the molecule is CP(=O)(O)CC(CCCCC(=O)O)C(=O)O. The van der Waals surface area contributed by atoms with Gasteiger partial charge in [-0.1, -0.05) is 6.42 Å². The molecule has 94 valence electrons. The number of unbranched alkanes of at least 4 members (excludes halogenated alkanes) is 1. The summed E-state index contributed by atoms with van der Waals surface area (Å²) in [6.45, 7) is 1.13. The summed E-state index contributed by atoms with van der Waals surface area (Å²) in [5.74, 6) is -2.89. The second kappa shape index (κ2) is 6.66. The van der Waals surface area contributed by atoms with E-state index in [1.54, 1.807) is 0 Å². The molecule has 7 heteroatoms. The van der Waals surface area contributed by atoms with Crippen LogP contribution in [0.25, 0.3) is 0 Å². The summed E-state index contributed by atoms with van der Waals surface area (Å²) in [5.41, 5.74) is 0. The van der Waals surface area contributed by atoms with Crippen LogP contribution in [0.5, 0.6) is 0 Å². The zero-order valence-corrected chi connectivity index (χ0v) is 10.0. The predicted molar refractivity (Wildman–Crippen MR) is 57.8 cm³/mol. The topological polar surface area (TPSA) is 112 Å². The van der Waals surface area contributed by atoms with E-state index >= 15 is 0 Å². The molecule has 2 unspecified atom stereocenters. The van der Waals surface area contributed by atoms with Crippen molar-refractivity contribution in [3.63, 3.8) is 0 Å². The first kappa shape index (κ1) is 15.1. The molecule has 0 bridgehead atoms. The lowest BCUT2D eigenvalue weighted by Gasteiger charge is -2.13. The van der Waals surface area contributed by atoms with Gasteiger partial charge in [0.2, 0.25) is 0 Å². The molecule has 0 aliphatic carbocycles.